The molecule has 1 atom stereocenters. The molecule has 102 valence electrons. The largest absolute Gasteiger partial charge is 0.465 e. The average molecular weight is 253 g/mol. The summed E-state index contributed by atoms with van der Waals surface area (Å²) in [7, 11) is 0. The summed E-state index contributed by atoms with van der Waals surface area (Å²) in [6.45, 7) is 8.88. The van der Waals surface area contributed by atoms with Crippen LogP contribution in [0.25, 0.3) is 0 Å². The molecule has 0 radical (unpaired) electrons. The summed E-state index contributed by atoms with van der Waals surface area (Å²) in [6.07, 6.45) is 5.07. The van der Waals surface area contributed by atoms with Crippen molar-refractivity contribution in [2.45, 2.75) is 39.5 Å². The van der Waals surface area contributed by atoms with Crippen LogP contribution in [0.3, 0.4) is 0 Å². The van der Waals surface area contributed by atoms with Gasteiger partial charge in [0.05, 0.1) is 6.61 Å². The molecule has 0 spiro atoms. The van der Waals surface area contributed by atoms with E-state index in [9.17, 15) is 9.59 Å². The molecule has 1 aliphatic heterocycles. The van der Waals surface area contributed by atoms with E-state index in [0.717, 1.165) is 25.8 Å². The van der Waals surface area contributed by atoms with E-state index in [1.165, 1.54) is 0 Å². The van der Waals surface area contributed by atoms with Crippen molar-refractivity contribution in [2.24, 2.45) is 5.41 Å². The first-order chi connectivity index (χ1) is 8.56. The number of piperidine rings is 1. The fourth-order valence-corrected chi connectivity index (χ4v) is 2.30. The lowest BCUT2D eigenvalue weighted by molar-refractivity contribution is -0.167. The van der Waals surface area contributed by atoms with Crippen LogP contribution in [0.4, 0.5) is 0 Å². The highest BCUT2D eigenvalue weighted by Crippen LogP contribution is 2.32. The number of carbonyl (C=O) groups is 2. The Morgan fingerprint density at radius 2 is 2.33 bits per heavy atom. The van der Waals surface area contributed by atoms with E-state index in [1.807, 2.05) is 6.08 Å². The van der Waals surface area contributed by atoms with Gasteiger partial charge >= 0.3 is 5.97 Å². The quantitative estimate of drug-likeness (QED) is 0.315. The number of rotatable bonds is 6. The van der Waals surface area contributed by atoms with E-state index in [-0.39, 0.29) is 11.9 Å². The third-order valence-corrected chi connectivity index (χ3v) is 3.43. The van der Waals surface area contributed by atoms with Crippen molar-refractivity contribution in [1.29, 1.82) is 0 Å². The summed E-state index contributed by atoms with van der Waals surface area (Å²) < 4.78 is 5.03. The highest BCUT2D eigenvalue weighted by atomic mass is 16.5. The van der Waals surface area contributed by atoms with E-state index in [1.54, 1.807) is 18.7 Å². The topological polar surface area (TPSA) is 46.6 Å². The Morgan fingerprint density at radius 1 is 1.61 bits per heavy atom. The zero-order valence-electron chi connectivity index (χ0n) is 11.4. The Hall–Kier alpha value is -1.32. The molecule has 1 aliphatic rings. The highest BCUT2D eigenvalue weighted by Gasteiger charge is 2.46. The average Bonchev–Trinajstić information content (AvgIpc) is 2.35. The first-order valence-electron chi connectivity index (χ1n) is 6.63. The number of esters is 1. The Morgan fingerprint density at radius 3 is 2.94 bits per heavy atom. The van der Waals surface area contributed by atoms with Crippen molar-refractivity contribution in [2.75, 3.05) is 19.7 Å². The number of ether oxygens (including phenoxy) is 1. The molecule has 1 unspecified atom stereocenters. The lowest BCUT2D eigenvalue weighted by Gasteiger charge is -2.37. The smallest absolute Gasteiger partial charge is 0.321 e. The summed E-state index contributed by atoms with van der Waals surface area (Å²) in [5, 5.41) is 0. The zero-order valence-corrected chi connectivity index (χ0v) is 11.4. The molecule has 1 amide bonds. The molecule has 0 aromatic heterocycles. The number of amides is 1. The van der Waals surface area contributed by atoms with Crippen LogP contribution in [0.2, 0.25) is 0 Å². The van der Waals surface area contributed by atoms with E-state index in [4.69, 9.17) is 4.74 Å². The van der Waals surface area contributed by atoms with Crippen molar-refractivity contribution < 1.29 is 14.3 Å². The maximum absolute atomic E-state index is 12.4. The summed E-state index contributed by atoms with van der Waals surface area (Å²) in [6, 6.07) is 0. The van der Waals surface area contributed by atoms with E-state index >= 15 is 0 Å². The normalized spacial score (nSPS) is 23.9. The molecule has 4 nitrogen and oxygen atoms in total. The van der Waals surface area contributed by atoms with Crippen molar-refractivity contribution in [3.8, 4) is 0 Å². The van der Waals surface area contributed by atoms with Gasteiger partial charge in [-0.3, -0.25) is 9.59 Å². The van der Waals surface area contributed by atoms with Crippen molar-refractivity contribution in [3.05, 3.63) is 12.7 Å². The minimum atomic E-state index is -0.984. The summed E-state index contributed by atoms with van der Waals surface area (Å²) in [5.41, 5.74) is -0.984. The molecule has 0 aromatic carbocycles. The standard InChI is InChI=1S/C14H23NO3/c1-4-6-7-10-15-11-8-9-14(3,12(15)16)13(17)18-5-2/h4H,1,5-11H2,2-3H3. The van der Waals surface area contributed by atoms with Gasteiger partial charge in [-0.05, 0) is 39.5 Å². The van der Waals surface area contributed by atoms with E-state index in [2.05, 4.69) is 6.58 Å². The van der Waals surface area contributed by atoms with Crippen LogP contribution >= 0.6 is 0 Å². The highest BCUT2D eigenvalue weighted by molar-refractivity contribution is 6.02. The van der Waals surface area contributed by atoms with Crippen LogP contribution in [0.15, 0.2) is 12.7 Å². The number of allylic oxidation sites excluding steroid dienone is 1. The number of nitrogens with zero attached hydrogens (tertiary/aromatic N) is 1. The second-order valence-corrected chi connectivity index (χ2v) is 4.88. The van der Waals surface area contributed by atoms with Gasteiger partial charge in [-0.25, -0.2) is 0 Å². The number of hydrogen-bond donors (Lipinski definition) is 0. The second kappa shape index (κ2) is 6.57. The predicted molar refractivity (Wildman–Crippen MR) is 70.0 cm³/mol. The summed E-state index contributed by atoms with van der Waals surface area (Å²) in [5.74, 6) is -0.473. The lowest BCUT2D eigenvalue weighted by Crippen LogP contribution is -2.52. The third-order valence-electron chi connectivity index (χ3n) is 3.43. The van der Waals surface area contributed by atoms with Crippen molar-refractivity contribution in [3.63, 3.8) is 0 Å². The van der Waals surface area contributed by atoms with Gasteiger partial charge < -0.3 is 9.64 Å². The predicted octanol–water partition coefficient (Wildman–Crippen LogP) is 2.14. The van der Waals surface area contributed by atoms with E-state index < -0.39 is 5.41 Å². The van der Waals surface area contributed by atoms with Gasteiger partial charge in [-0.2, -0.15) is 0 Å². The molecule has 4 heteroatoms. The molecule has 0 saturated carbocycles. The molecule has 0 aromatic rings. The number of carbonyl (C=O) groups excluding carboxylic acids is 2. The fourth-order valence-electron chi connectivity index (χ4n) is 2.30. The van der Waals surface area contributed by atoms with Gasteiger partial charge in [0.1, 0.15) is 5.41 Å². The van der Waals surface area contributed by atoms with Gasteiger partial charge in [0.2, 0.25) is 5.91 Å². The number of likely N-dealkylation sites (tertiary alicyclic amines) is 1. The Labute approximate surface area is 109 Å². The van der Waals surface area contributed by atoms with Gasteiger partial charge in [0.15, 0.2) is 0 Å². The molecule has 0 bridgehead atoms. The SMILES string of the molecule is C=CCCCN1CCCC(C)(C(=O)OCC)C1=O. The maximum Gasteiger partial charge on any atom is 0.321 e. The zero-order chi connectivity index (χ0) is 13.6. The summed E-state index contributed by atoms with van der Waals surface area (Å²) in [4.78, 5) is 26.1. The van der Waals surface area contributed by atoms with Crippen LogP contribution in [-0.4, -0.2) is 36.5 Å². The van der Waals surface area contributed by atoms with Gasteiger partial charge in [0, 0.05) is 13.1 Å². The van der Waals surface area contributed by atoms with Crippen LogP contribution < -0.4 is 0 Å². The molecule has 1 heterocycles. The molecule has 1 fully saturated rings. The van der Waals surface area contributed by atoms with Crippen LogP contribution in [0.5, 0.6) is 0 Å². The Bertz CT molecular complexity index is 327. The van der Waals surface area contributed by atoms with Crippen molar-refractivity contribution >= 4 is 11.9 Å². The molecule has 18 heavy (non-hydrogen) atoms. The minimum Gasteiger partial charge on any atom is -0.465 e. The monoisotopic (exact) mass is 253 g/mol. The van der Waals surface area contributed by atoms with Gasteiger partial charge in [0.25, 0.3) is 0 Å². The van der Waals surface area contributed by atoms with Gasteiger partial charge in [-0.15, -0.1) is 6.58 Å². The van der Waals surface area contributed by atoms with Crippen LogP contribution in [0, 0.1) is 5.41 Å². The van der Waals surface area contributed by atoms with Crippen LogP contribution in [-0.2, 0) is 14.3 Å². The molecule has 1 rings (SSSR count). The fraction of sp³-hybridized carbons (Fsp3) is 0.714. The maximum atomic E-state index is 12.4. The first-order valence-corrected chi connectivity index (χ1v) is 6.63. The third kappa shape index (κ3) is 3.12. The molecule has 0 N–H and O–H groups in total. The molecular formula is C14H23NO3. The molecule has 1 saturated heterocycles. The minimum absolute atomic E-state index is 0.0868. The lowest BCUT2D eigenvalue weighted by atomic mass is 9.81. The van der Waals surface area contributed by atoms with Crippen molar-refractivity contribution in [1.82, 2.24) is 4.90 Å². The molecule has 0 aliphatic carbocycles. The molecular weight excluding hydrogens is 230 g/mol. The Kier molecular flexibility index (Phi) is 5.38. The number of unbranched alkanes of at least 4 members (excludes halogenated alkanes) is 1. The van der Waals surface area contributed by atoms with E-state index in [0.29, 0.717) is 19.6 Å². The Balaban J connectivity index is 2.67. The van der Waals surface area contributed by atoms with Gasteiger partial charge in [-0.1, -0.05) is 6.08 Å². The summed E-state index contributed by atoms with van der Waals surface area (Å²) >= 11 is 0. The second-order valence-electron chi connectivity index (χ2n) is 4.88. The van der Waals surface area contributed by atoms with Crippen LogP contribution in [0.1, 0.15) is 39.5 Å². The number of hydrogen-bond acceptors (Lipinski definition) is 3. The first kappa shape index (κ1) is 14.7.